The monoisotopic (exact) mass is 239 g/mol. The van der Waals surface area contributed by atoms with Crippen molar-refractivity contribution in [1.29, 1.82) is 0 Å². The van der Waals surface area contributed by atoms with E-state index < -0.39 is 5.97 Å². The third-order valence-corrected chi connectivity index (χ3v) is 4.34. The molecule has 2 aliphatic carbocycles. The van der Waals surface area contributed by atoms with Gasteiger partial charge in [-0.1, -0.05) is 19.8 Å². The summed E-state index contributed by atoms with van der Waals surface area (Å²) in [4.78, 5) is 11.1. The summed E-state index contributed by atoms with van der Waals surface area (Å²) in [6.07, 6.45) is 7.68. The highest BCUT2D eigenvalue weighted by atomic mass is 16.4. The van der Waals surface area contributed by atoms with Crippen LogP contribution in [0.2, 0.25) is 0 Å². The van der Waals surface area contributed by atoms with Crippen LogP contribution in [0.15, 0.2) is 0 Å². The fourth-order valence-electron chi connectivity index (χ4n) is 3.34. The maximum Gasteiger partial charge on any atom is 0.303 e. The van der Waals surface area contributed by atoms with Gasteiger partial charge in [0.15, 0.2) is 0 Å². The lowest BCUT2D eigenvalue weighted by Crippen LogP contribution is -2.40. The van der Waals surface area contributed by atoms with Crippen molar-refractivity contribution in [2.75, 3.05) is 13.1 Å². The Morgan fingerprint density at radius 3 is 2.76 bits per heavy atom. The molecule has 0 aliphatic heterocycles. The van der Waals surface area contributed by atoms with Crippen molar-refractivity contribution >= 4 is 5.97 Å². The second kappa shape index (κ2) is 5.38. The summed E-state index contributed by atoms with van der Waals surface area (Å²) in [5.74, 6) is 0.927. The molecule has 0 bridgehead atoms. The van der Waals surface area contributed by atoms with E-state index in [1.807, 2.05) is 0 Å². The van der Waals surface area contributed by atoms with Gasteiger partial charge >= 0.3 is 5.97 Å². The van der Waals surface area contributed by atoms with Gasteiger partial charge in [0.25, 0.3) is 0 Å². The van der Waals surface area contributed by atoms with Crippen molar-refractivity contribution in [2.45, 2.75) is 51.9 Å². The van der Waals surface area contributed by atoms with E-state index in [9.17, 15) is 4.79 Å². The van der Waals surface area contributed by atoms with Crippen LogP contribution in [0.25, 0.3) is 0 Å². The third-order valence-electron chi connectivity index (χ3n) is 4.34. The summed E-state index contributed by atoms with van der Waals surface area (Å²) in [5, 5.41) is 12.6. The van der Waals surface area contributed by atoms with E-state index >= 15 is 0 Å². The van der Waals surface area contributed by atoms with Gasteiger partial charge in [0.2, 0.25) is 0 Å². The van der Waals surface area contributed by atoms with Crippen molar-refractivity contribution in [2.24, 2.45) is 17.3 Å². The first-order valence-electron chi connectivity index (χ1n) is 7.02. The minimum atomic E-state index is -0.632. The van der Waals surface area contributed by atoms with E-state index in [0.717, 1.165) is 31.8 Å². The molecule has 3 heteroatoms. The minimum absolute atomic E-state index is 0.0262. The Labute approximate surface area is 104 Å². The van der Waals surface area contributed by atoms with Gasteiger partial charge in [-0.2, -0.15) is 0 Å². The van der Waals surface area contributed by atoms with Crippen LogP contribution < -0.4 is 5.32 Å². The quantitative estimate of drug-likeness (QED) is 0.749. The molecule has 0 aromatic heterocycles. The molecule has 3 nitrogen and oxygen atoms in total. The molecular weight excluding hydrogens is 214 g/mol. The van der Waals surface area contributed by atoms with Gasteiger partial charge in [-0.05, 0) is 49.5 Å². The number of carbonyl (C=O) groups is 1. The van der Waals surface area contributed by atoms with Crippen molar-refractivity contribution in [1.82, 2.24) is 5.32 Å². The lowest BCUT2D eigenvalue weighted by atomic mass is 9.68. The van der Waals surface area contributed by atoms with E-state index in [2.05, 4.69) is 12.2 Å². The Morgan fingerprint density at radius 1 is 1.41 bits per heavy atom. The maximum absolute atomic E-state index is 11.1. The lowest BCUT2D eigenvalue weighted by molar-refractivity contribution is -0.140. The number of hydrogen-bond acceptors (Lipinski definition) is 2. The summed E-state index contributed by atoms with van der Waals surface area (Å²) < 4.78 is 0. The zero-order valence-electron chi connectivity index (χ0n) is 10.9. The SMILES string of the molecule is C[C@@H]1CCC[C@](CNCC2CC2)(CC(=O)O)C1. The van der Waals surface area contributed by atoms with Crippen molar-refractivity contribution < 1.29 is 9.90 Å². The average Bonchev–Trinajstić information content (AvgIpc) is 3.00. The molecule has 2 saturated carbocycles. The van der Waals surface area contributed by atoms with Gasteiger partial charge < -0.3 is 10.4 Å². The van der Waals surface area contributed by atoms with E-state index in [1.54, 1.807) is 0 Å². The molecule has 2 fully saturated rings. The molecule has 2 N–H and O–H groups in total. The molecule has 2 aliphatic rings. The van der Waals surface area contributed by atoms with Crippen LogP contribution in [0.1, 0.15) is 51.9 Å². The van der Waals surface area contributed by atoms with Crippen LogP contribution in [0.5, 0.6) is 0 Å². The van der Waals surface area contributed by atoms with Gasteiger partial charge in [-0.15, -0.1) is 0 Å². The number of carboxylic acids is 1. The number of carboxylic acid groups (broad SMARTS) is 1. The van der Waals surface area contributed by atoms with Gasteiger partial charge in [-0.25, -0.2) is 0 Å². The first kappa shape index (κ1) is 12.9. The molecule has 2 rings (SSSR count). The number of aliphatic carboxylic acids is 1. The van der Waals surface area contributed by atoms with Crippen LogP contribution in [-0.2, 0) is 4.79 Å². The summed E-state index contributed by atoms with van der Waals surface area (Å²) in [5.41, 5.74) is 0.0262. The van der Waals surface area contributed by atoms with E-state index in [4.69, 9.17) is 5.11 Å². The Bertz CT molecular complexity index is 275. The first-order chi connectivity index (χ1) is 8.10. The summed E-state index contributed by atoms with van der Waals surface area (Å²) in [7, 11) is 0. The molecule has 0 aromatic rings. The number of nitrogens with one attached hydrogen (secondary N) is 1. The minimum Gasteiger partial charge on any atom is -0.481 e. The molecule has 0 unspecified atom stereocenters. The summed E-state index contributed by atoms with van der Waals surface area (Å²) in [6, 6.07) is 0. The first-order valence-corrected chi connectivity index (χ1v) is 7.02. The highest BCUT2D eigenvalue weighted by Crippen LogP contribution is 2.41. The third kappa shape index (κ3) is 3.98. The predicted octanol–water partition coefficient (Wildman–Crippen LogP) is 2.66. The van der Waals surface area contributed by atoms with E-state index in [0.29, 0.717) is 12.3 Å². The second-order valence-electron chi connectivity index (χ2n) is 6.35. The molecule has 0 aromatic carbocycles. The summed E-state index contributed by atoms with van der Waals surface area (Å²) >= 11 is 0. The van der Waals surface area contributed by atoms with Gasteiger partial charge in [0.05, 0.1) is 6.42 Å². The lowest BCUT2D eigenvalue weighted by Gasteiger charge is -2.39. The Hall–Kier alpha value is -0.570. The topological polar surface area (TPSA) is 49.3 Å². The van der Waals surface area contributed by atoms with Gasteiger partial charge in [-0.3, -0.25) is 4.79 Å². The van der Waals surface area contributed by atoms with E-state index in [-0.39, 0.29) is 5.41 Å². The fraction of sp³-hybridized carbons (Fsp3) is 0.929. The molecular formula is C14H25NO2. The van der Waals surface area contributed by atoms with Gasteiger partial charge in [0.1, 0.15) is 0 Å². The zero-order valence-corrected chi connectivity index (χ0v) is 10.9. The summed E-state index contributed by atoms with van der Waals surface area (Å²) in [6.45, 7) is 4.26. The highest BCUT2D eigenvalue weighted by Gasteiger charge is 2.37. The van der Waals surface area contributed by atoms with Crippen LogP contribution in [-0.4, -0.2) is 24.2 Å². The number of rotatable bonds is 6. The smallest absolute Gasteiger partial charge is 0.303 e. The molecule has 98 valence electrons. The highest BCUT2D eigenvalue weighted by molar-refractivity contribution is 5.67. The average molecular weight is 239 g/mol. The largest absolute Gasteiger partial charge is 0.481 e. The van der Waals surface area contributed by atoms with Crippen LogP contribution in [0.3, 0.4) is 0 Å². The molecule has 0 amide bonds. The Balaban J connectivity index is 1.87. The maximum atomic E-state index is 11.1. The Morgan fingerprint density at radius 2 is 2.18 bits per heavy atom. The van der Waals surface area contributed by atoms with E-state index in [1.165, 1.54) is 25.7 Å². The second-order valence-corrected chi connectivity index (χ2v) is 6.35. The van der Waals surface area contributed by atoms with Crippen molar-refractivity contribution in [3.05, 3.63) is 0 Å². The fourth-order valence-corrected chi connectivity index (χ4v) is 3.34. The molecule has 0 saturated heterocycles. The number of hydrogen-bond donors (Lipinski definition) is 2. The molecule has 17 heavy (non-hydrogen) atoms. The molecule has 0 spiro atoms. The standard InChI is InChI=1S/C14H25NO2/c1-11-3-2-6-14(7-11,8-13(16)17)10-15-9-12-4-5-12/h11-12,15H,2-10H2,1H3,(H,16,17)/t11-,14-/m1/s1. The zero-order chi connectivity index (χ0) is 12.3. The molecule has 0 radical (unpaired) electrons. The van der Waals surface area contributed by atoms with Gasteiger partial charge in [0, 0.05) is 6.54 Å². The van der Waals surface area contributed by atoms with Crippen molar-refractivity contribution in [3.8, 4) is 0 Å². The van der Waals surface area contributed by atoms with Crippen LogP contribution in [0, 0.1) is 17.3 Å². The van der Waals surface area contributed by atoms with Crippen LogP contribution in [0.4, 0.5) is 0 Å². The van der Waals surface area contributed by atoms with Crippen LogP contribution >= 0.6 is 0 Å². The Kier molecular flexibility index (Phi) is 4.08. The normalized spacial score (nSPS) is 33.6. The molecule has 2 atom stereocenters. The molecule has 0 heterocycles. The van der Waals surface area contributed by atoms with Crippen molar-refractivity contribution in [3.63, 3.8) is 0 Å². The predicted molar refractivity (Wildman–Crippen MR) is 67.9 cm³/mol.